The summed E-state index contributed by atoms with van der Waals surface area (Å²) in [4.78, 5) is 2.22. The lowest BCUT2D eigenvalue weighted by molar-refractivity contribution is 0.241. The van der Waals surface area contributed by atoms with Gasteiger partial charge < -0.3 is 14.1 Å². The molecule has 34 heavy (non-hydrogen) atoms. The fourth-order valence-electron chi connectivity index (χ4n) is 3.85. The van der Waals surface area contributed by atoms with Crippen molar-refractivity contribution in [3.63, 3.8) is 0 Å². The average Bonchev–Trinajstić information content (AvgIpc) is 3.33. The van der Waals surface area contributed by atoms with Crippen molar-refractivity contribution in [2.45, 2.75) is 37.9 Å². The number of ether oxygens (including phenoxy) is 1. The van der Waals surface area contributed by atoms with Gasteiger partial charge in [0.25, 0.3) is 0 Å². The largest absolute Gasteiger partial charge is 0.493 e. The van der Waals surface area contributed by atoms with Gasteiger partial charge in [-0.1, -0.05) is 12.5 Å². The molecular weight excluding hydrogens is 472 g/mol. The zero-order valence-electron chi connectivity index (χ0n) is 19.3. The number of anilines is 1. The Kier molecular flexibility index (Phi) is 9.06. The number of benzene rings is 1. The number of hydrogen-bond acceptors (Lipinski definition) is 8. The van der Waals surface area contributed by atoms with Crippen LogP contribution in [-0.2, 0) is 20.5 Å². The van der Waals surface area contributed by atoms with E-state index in [0.717, 1.165) is 55.8 Å². The predicted octanol–water partition coefficient (Wildman–Crippen LogP) is 4.45. The minimum absolute atomic E-state index is 0.0960. The molecule has 1 aliphatic heterocycles. The van der Waals surface area contributed by atoms with Crippen molar-refractivity contribution in [1.82, 2.24) is 15.1 Å². The number of nitrogens with one attached hydrogen (secondary N) is 1. The van der Waals surface area contributed by atoms with Gasteiger partial charge in [-0.25, -0.2) is 8.42 Å². The molecule has 0 atom stereocenters. The van der Waals surface area contributed by atoms with Gasteiger partial charge in [-0.2, -0.15) is 0 Å². The van der Waals surface area contributed by atoms with Gasteiger partial charge in [-0.15, -0.1) is 22.0 Å². The Labute approximate surface area is 205 Å². The van der Waals surface area contributed by atoms with Gasteiger partial charge in [0.15, 0.2) is 0 Å². The molecule has 4 rings (SSSR count). The van der Waals surface area contributed by atoms with Crippen LogP contribution >= 0.6 is 11.8 Å². The third kappa shape index (κ3) is 7.89. The Morgan fingerprint density at radius 2 is 1.91 bits per heavy atom. The smallest absolute Gasteiger partial charge is 0.247 e. The number of sulfonamides is 1. The second-order valence-electron chi connectivity index (χ2n) is 8.39. The van der Waals surface area contributed by atoms with E-state index < -0.39 is 10.0 Å². The Balaban J connectivity index is 1.20. The maximum absolute atomic E-state index is 12.4. The van der Waals surface area contributed by atoms with Crippen LogP contribution < -0.4 is 4.72 Å². The van der Waals surface area contributed by atoms with Crippen LogP contribution in [0.25, 0.3) is 11.5 Å². The van der Waals surface area contributed by atoms with E-state index in [1.54, 1.807) is 36.0 Å². The Morgan fingerprint density at radius 1 is 1.09 bits per heavy atom. The van der Waals surface area contributed by atoms with Crippen LogP contribution in [0, 0.1) is 0 Å². The fourth-order valence-corrected chi connectivity index (χ4v) is 5.58. The molecule has 2 aliphatic rings. The normalized spacial score (nSPS) is 16.9. The maximum atomic E-state index is 12.4. The molecule has 0 radical (unpaired) electrons. The van der Waals surface area contributed by atoms with E-state index in [9.17, 15) is 8.42 Å². The first-order valence-electron chi connectivity index (χ1n) is 11.8. The number of likely N-dealkylation sites (tertiary alicyclic amines) is 1. The number of allylic oxidation sites excluding steroid dienone is 3. The number of rotatable bonds is 12. The van der Waals surface area contributed by atoms with Crippen molar-refractivity contribution in [2.24, 2.45) is 0 Å². The lowest BCUT2D eigenvalue weighted by Gasteiger charge is -2.26. The molecule has 1 aromatic heterocycles. The third-order valence-corrected chi connectivity index (χ3v) is 7.85. The fraction of sp³-hybridized carbons (Fsp3) is 0.500. The number of aromatic nitrogens is 2. The highest BCUT2D eigenvalue weighted by Crippen LogP contribution is 2.22. The molecule has 1 saturated heterocycles. The van der Waals surface area contributed by atoms with E-state index in [1.807, 2.05) is 6.08 Å². The Bertz CT molecular complexity index is 1070. The average molecular weight is 505 g/mol. The highest BCUT2D eigenvalue weighted by atomic mass is 32.2. The molecule has 2 heterocycles. The summed E-state index contributed by atoms with van der Waals surface area (Å²) in [6, 6.07) is 7.01. The highest BCUT2D eigenvalue weighted by Gasteiger charge is 2.16. The van der Waals surface area contributed by atoms with Crippen LogP contribution in [0.3, 0.4) is 0 Å². The van der Waals surface area contributed by atoms with Gasteiger partial charge >= 0.3 is 0 Å². The van der Waals surface area contributed by atoms with Crippen molar-refractivity contribution < 1.29 is 17.6 Å². The number of hydrogen-bond donors (Lipinski definition) is 1. The van der Waals surface area contributed by atoms with E-state index in [-0.39, 0.29) is 5.75 Å². The molecule has 0 amide bonds. The van der Waals surface area contributed by atoms with Crippen LogP contribution in [0.1, 0.15) is 38.0 Å². The van der Waals surface area contributed by atoms with Gasteiger partial charge in [0, 0.05) is 23.5 Å². The molecule has 0 bridgehead atoms. The third-order valence-electron chi connectivity index (χ3n) is 5.68. The molecule has 184 valence electrons. The molecule has 0 spiro atoms. The molecule has 1 aromatic carbocycles. The number of piperidine rings is 1. The number of thioether (sulfide) groups is 1. The summed E-state index contributed by atoms with van der Waals surface area (Å²) in [6.07, 6.45) is 11.9. The molecule has 0 saturated carbocycles. The molecular formula is C24H32N4O4S2. The topological polar surface area (TPSA) is 97.6 Å². The zero-order chi connectivity index (χ0) is 23.6. The SMILES string of the molecule is O=S(=O)(CCN1CCCCC1)Nc1ccc(-c2nnc(CSCCOC3=CCCC=C3)o2)cc1. The molecule has 1 N–H and O–H groups in total. The molecule has 1 fully saturated rings. The van der Waals surface area contributed by atoms with E-state index >= 15 is 0 Å². The van der Waals surface area contributed by atoms with E-state index in [1.165, 1.54) is 6.42 Å². The monoisotopic (exact) mass is 504 g/mol. The summed E-state index contributed by atoms with van der Waals surface area (Å²) >= 11 is 1.67. The minimum atomic E-state index is -3.39. The molecule has 0 unspecified atom stereocenters. The minimum Gasteiger partial charge on any atom is -0.493 e. The van der Waals surface area contributed by atoms with Crippen LogP contribution in [0.2, 0.25) is 0 Å². The molecule has 2 aromatic rings. The maximum Gasteiger partial charge on any atom is 0.247 e. The van der Waals surface area contributed by atoms with E-state index in [2.05, 4.69) is 32.0 Å². The quantitative estimate of drug-likeness (QED) is 0.424. The Hall–Kier alpha value is -2.30. The van der Waals surface area contributed by atoms with Gasteiger partial charge in [0.05, 0.1) is 18.1 Å². The van der Waals surface area contributed by atoms with Gasteiger partial charge in [-0.05, 0) is 75.2 Å². The van der Waals surface area contributed by atoms with Crippen molar-refractivity contribution >= 4 is 27.5 Å². The first-order valence-corrected chi connectivity index (χ1v) is 14.6. The Morgan fingerprint density at radius 3 is 2.68 bits per heavy atom. The first-order chi connectivity index (χ1) is 16.6. The molecule has 1 aliphatic carbocycles. The van der Waals surface area contributed by atoms with Gasteiger partial charge in [0.2, 0.25) is 21.8 Å². The van der Waals surface area contributed by atoms with Crippen molar-refractivity contribution in [2.75, 3.05) is 42.5 Å². The van der Waals surface area contributed by atoms with Crippen LogP contribution in [0.4, 0.5) is 5.69 Å². The first kappa shape index (κ1) is 24.8. The summed E-state index contributed by atoms with van der Waals surface area (Å²) in [5.74, 6) is 3.46. The second-order valence-corrected chi connectivity index (χ2v) is 11.3. The lowest BCUT2D eigenvalue weighted by Crippen LogP contribution is -2.35. The summed E-state index contributed by atoms with van der Waals surface area (Å²) in [7, 11) is -3.39. The van der Waals surface area contributed by atoms with Gasteiger partial charge in [-0.3, -0.25) is 4.72 Å². The highest BCUT2D eigenvalue weighted by molar-refractivity contribution is 7.98. The van der Waals surface area contributed by atoms with E-state index in [4.69, 9.17) is 9.15 Å². The van der Waals surface area contributed by atoms with Crippen molar-refractivity contribution in [1.29, 1.82) is 0 Å². The van der Waals surface area contributed by atoms with E-state index in [0.29, 0.717) is 36.4 Å². The summed E-state index contributed by atoms with van der Waals surface area (Å²) < 4.78 is 39.0. The molecule has 8 nitrogen and oxygen atoms in total. The van der Waals surface area contributed by atoms with Crippen molar-refractivity contribution in [3.8, 4) is 11.5 Å². The summed E-state index contributed by atoms with van der Waals surface area (Å²) in [5.41, 5.74) is 1.28. The van der Waals surface area contributed by atoms with Gasteiger partial charge in [0.1, 0.15) is 5.76 Å². The van der Waals surface area contributed by atoms with Crippen LogP contribution in [0.15, 0.2) is 52.7 Å². The predicted molar refractivity (Wildman–Crippen MR) is 136 cm³/mol. The molecule has 10 heteroatoms. The summed E-state index contributed by atoms with van der Waals surface area (Å²) in [6.45, 7) is 3.17. The summed E-state index contributed by atoms with van der Waals surface area (Å²) in [5, 5.41) is 8.23. The number of nitrogens with zero attached hydrogens (tertiary/aromatic N) is 3. The zero-order valence-corrected chi connectivity index (χ0v) is 21.0. The standard InChI is InChI=1S/C24H32N4O4S2/c29-34(30,18-15-28-13-5-2-6-14-28)27-21-11-9-20(10-12-21)24-26-25-23(32-24)19-33-17-16-31-22-7-3-1-4-8-22/h3,7-12,27H,1-2,4-6,13-19H2. The second kappa shape index (κ2) is 12.4. The van der Waals surface area contributed by atoms with Crippen LogP contribution in [0.5, 0.6) is 0 Å². The lowest BCUT2D eigenvalue weighted by atomic mass is 10.1. The van der Waals surface area contributed by atoms with Crippen LogP contribution in [-0.4, -0.2) is 61.3 Å². The van der Waals surface area contributed by atoms with Crippen molar-refractivity contribution in [3.05, 3.63) is 54.1 Å².